The molecule has 23 heavy (non-hydrogen) atoms. The maximum atomic E-state index is 11.4. The minimum absolute atomic E-state index is 0.135. The van der Waals surface area contributed by atoms with Crippen molar-refractivity contribution < 1.29 is 22.6 Å². The minimum atomic E-state index is -3.45. The first kappa shape index (κ1) is 19.0. The average Bonchev–Trinajstić information content (AvgIpc) is 2.49. The summed E-state index contributed by atoms with van der Waals surface area (Å²) < 4.78 is 40.5. The van der Waals surface area contributed by atoms with Crippen molar-refractivity contribution in [1.29, 1.82) is 0 Å². The fourth-order valence-corrected chi connectivity index (χ4v) is 2.19. The van der Waals surface area contributed by atoms with Gasteiger partial charge in [-0.1, -0.05) is 0 Å². The molecule has 2 N–H and O–H groups in total. The molecule has 0 fully saturated rings. The molecule has 0 amide bonds. The lowest BCUT2D eigenvalue weighted by atomic mass is 10.3. The molecule has 0 atom stereocenters. The Kier molecular flexibility index (Phi) is 7.63. The molecule has 0 unspecified atom stereocenters. The summed E-state index contributed by atoms with van der Waals surface area (Å²) in [7, 11) is 1.22. The van der Waals surface area contributed by atoms with Crippen LogP contribution in [-0.4, -0.2) is 55.1 Å². The summed E-state index contributed by atoms with van der Waals surface area (Å²) in [5.41, 5.74) is 0.615. The fourth-order valence-electron chi connectivity index (χ4n) is 1.72. The molecule has 0 bridgehead atoms. The maximum Gasteiger partial charge on any atom is 0.232 e. The van der Waals surface area contributed by atoms with Gasteiger partial charge in [-0.05, 0) is 18.6 Å². The molecule has 0 aliphatic carbocycles. The van der Waals surface area contributed by atoms with Crippen LogP contribution in [0.5, 0.6) is 11.5 Å². The summed E-state index contributed by atoms with van der Waals surface area (Å²) in [6.45, 7) is 0.970. The predicted molar refractivity (Wildman–Crippen MR) is 89.9 cm³/mol. The second kappa shape index (κ2) is 9.21. The number of hydrogen-bond donors (Lipinski definition) is 2. The molecule has 0 radical (unpaired) electrons. The maximum absolute atomic E-state index is 11.4. The van der Waals surface area contributed by atoms with Crippen molar-refractivity contribution >= 4 is 21.7 Å². The fraction of sp³-hybridized carbons (Fsp3) is 0.500. The van der Waals surface area contributed by atoms with Crippen LogP contribution in [0.1, 0.15) is 6.42 Å². The topological polar surface area (TPSA) is 98.2 Å². The van der Waals surface area contributed by atoms with Crippen LogP contribution in [0.4, 0.5) is 5.69 Å². The SMILES string of the molecule is COCCCN=C(Nc1ccc(OC)c(OC)c1)NS(C)(=O)=O. The normalized spacial score (nSPS) is 11.9. The summed E-state index contributed by atoms with van der Waals surface area (Å²) in [6, 6.07) is 5.13. The number of ether oxygens (including phenoxy) is 3. The first-order chi connectivity index (χ1) is 10.9. The highest BCUT2D eigenvalue weighted by Crippen LogP contribution is 2.29. The summed E-state index contributed by atoms with van der Waals surface area (Å²) in [5, 5.41) is 2.92. The average molecular weight is 345 g/mol. The molecule has 1 aromatic carbocycles. The van der Waals surface area contributed by atoms with Crippen molar-refractivity contribution in [3.05, 3.63) is 18.2 Å². The monoisotopic (exact) mass is 345 g/mol. The summed E-state index contributed by atoms with van der Waals surface area (Å²) in [6.07, 6.45) is 1.74. The Balaban J connectivity index is 2.91. The quantitative estimate of drug-likeness (QED) is 0.415. The molecule has 9 heteroatoms. The van der Waals surface area contributed by atoms with Gasteiger partial charge in [-0.15, -0.1) is 0 Å². The zero-order valence-electron chi connectivity index (χ0n) is 13.8. The third-order valence-corrected chi connectivity index (χ3v) is 3.27. The Labute approximate surface area is 136 Å². The molecule has 0 spiro atoms. The van der Waals surface area contributed by atoms with Gasteiger partial charge < -0.3 is 19.5 Å². The molecule has 0 heterocycles. The molecule has 0 aliphatic rings. The molecule has 0 aliphatic heterocycles. The van der Waals surface area contributed by atoms with Gasteiger partial charge in [0.1, 0.15) is 0 Å². The van der Waals surface area contributed by atoms with Gasteiger partial charge in [-0.25, -0.2) is 8.42 Å². The third-order valence-electron chi connectivity index (χ3n) is 2.70. The number of benzene rings is 1. The molecule has 0 saturated carbocycles. The van der Waals surface area contributed by atoms with E-state index in [2.05, 4.69) is 15.0 Å². The Bertz CT molecular complexity index is 631. The Morgan fingerprint density at radius 3 is 2.43 bits per heavy atom. The second-order valence-electron chi connectivity index (χ2n) is 4.65. The largest absolute Gasteiger partial charge is 0.493 e. The Hall–Kier alpha value is -2.00. The minimum Gasteiger partial charge on any atom is -0.493 e. The second-order valence-corrected chi connectivity index (χ2v) is 6.39. The van der Waals surface area contributed by atoms with Gasteiger partial charge in [0.15, 0.2) is 11.5 Å². The summed E-state index contributed by atoms with van der Waals surface area (Å²) in [5.74, 6) is 1.24. The predicted octanol–water partition coefficient (Wildman–Crippen LogP) is 1.06. The number of aliphatic imine (C=N–C) groups is 1. The first-order valence-electron chi connectivity index (χ1n) is 6.90. The van der Waals surface area contributed by atoms with E-state index < -0.39 is 10.0 Å². The van der Waals surface area contributed by atoms with Gasteiger partial charge in [0, 0.05) is 32.0 Å². The number of anilines is 1. The van der Waals surface area contributed by atoms with E-state index in [1.807, 2.05) is 0 Å². The zero-order valence-corrected chi connectivity index (χ0v) is 14.6. The molecular weight excluding hydrogens is 322 g/mol. The lowest BCUT2D eigenvalue weighted by Gasteiger charge is -2.13. The van der Waals surface area contributed by atoms with Gasteiger partial charge in [0.2, 0.25) is 16.0 Å². The van der Waals surface area contributed by atoms with Crippen molar-refractivity contribution in [2.45, 2.75) is 6.42 Å². The van der Waals surface area contributed by atoms with E-state index in [0.717, 1.165) is 6.26 Å². The highest BCUT2D eigenvalue weighted by Gasteiger charge is 2.09. The van der Waals surface area contributed by atoms with Crippen molar-refractivity contribution in [2.75, 3.05) is 46.1 Å². The Morgan fingerprint density at radius 1 is 1.17 bits per heavy atom. The van der Waals surface area contributed by atoms with Gasteiger partial charge >= 0.3 is 0 Å². The van der Waals surface area contributed by atoms with Crippen LogP contribution >= 0.6 is 0 Å². The van der Waals surface area contributed by atoms with Crippen molar-refractivity contribution in [2.24, 2.45) is 4.99 Å². The van der Waals surface area contributed by atoms with E-state index in [4.69, 9.17) is 14.2 Å². The van der Waals surface area contributed by atoms with E-state index in [0.29, 0.717) is 36.8 Å². The Morgan fingerprint density at radius 2 is 1.87 bits per heavy atom. The first-order valence-corrected chi connectivity index (χ1v) is 8.79. The van der Waals surface area contributed by atoms with Crippen molar-refractivity contribution in [3.63, 3.8) is 0 Å². The third kappa shape index (κ3) is 7.20. The highest BCUT2D eigenvalue weighted by molar-refractivity contribution is 7.89. The van der Waals surface area contributed by atoms with Crippen LogP contribution < -0.4 is 19.5 Å². The van der Waals surface area contributed by atoms with Crippen molar-refractivity contribution in [1.82, 2.24) is 4.72 Å². The van der Waals surface area contributed by atoms with Gasteiger partial charge in [-0.3, -0.25) is 9.71 Å². The molecule has 1 aromatic rings. The standard InChI is InChI=1S/C14H23N3O5S/c1-20-9-5-8-15-14(17-23(4,18)19)16-11-6-7-12(21-2)13(10-11)22-3/h6-7,10H,5,8-9H2,1-4H3,(H2,15,16,17). The number of sulfonamides is 1. The molecule has 130 valence electrons. The van der Waals surface area contributed by atoms with Gasteiger partial charge in [-0.2, -0.15) is 0 Å². The van der Waals surface area contributed by atoms with Gasteiger partial charge in [0.25, 0.3) is 0 Å². The van der Waals surface area contributed by atoms with Crippen LogP contribution in [-0.2, 0) is 14.8 Å². The number of guanidine groups is 1. The number of methoxy groups -OCH3 is 3. The van der Waals surface area contributed by atoms with Crippen LogP contribution in [0.2, 0.25) is 0 Å². The van der Waals surface area contributed by atoms with E-state index in [-0.39, 0.29) is 5.96 Å². The summed E-state index contributed by atoms with van der Waals surface area (Å²) >= 11 is 0. The van der Waals surface area contributed by atoms with Crippen LogP contribution in [0.3, 0.4) is 0 Å². The molecular formula is C14H23N3O5S. The molecule has 0 saturated heterocycles. The van der Waals surface area contributed by atoms with Crippen LogP contribution in [0.15, 0.2) is 23.2 Å². The molecule has 0 aromatic heterocycles. The molecule has 8 nitrogen and oxygen atoms in total. The highest BCUT2D eigenvalue weighted by atomic mass is 32.2. The lowest BCUT2D eigenvalue weighted by Crippen LogP contribution is -2.35. The number of nitrogens with one attached hydrogen (secondary N) is 2. The van der Waals surface area contributed by atoms with E-state index in [1.54, 1.807) is 32.4 Å². The molecule has 1 rings (SSSR count). The van der Waals surface area contributed by atoms with Gasteiger partial charge in [0.05, 0.1) is 20.5 Å². The number of rotatable bonds is 8. The summed E-state index contributed by atoms with van der Waals surface area (Å²) in [4.78, 5) is 4.20. The zero-order chi connectivity index (χ0) is 17.3. The number of nitrogens with zero attached hydrogens (tertiary/aromatic N) is 1. The number of hydrogen-bond acceptors (Lipinski definition) is 6. The van der Waals surface area contributed by atoms with Crippen LogP contribution in [0, 0.1) is 0 Å². The van der Waals surface area contributed by atoms with E-state index in [9.17, 15) is 8.42 Å². The van der Waals surface area contributed by atoms with E-state index in [1.165, 1.54) is 7.11 Å². The lowest BCUT2D eigenvalue weighted by molar-refractivity contribution is 0.197. The van der Waals surface area contributed by atoms with Crippen molar-refractivity contribution in [3.8, 4) is 11.5 Å². The van der Waals surface area contributed by atoms with Crippen LogP contribution in [0.25, 0.3) is 0 Å². The van der Waals surface area contributed by atoms with E-state index >= 15 is 0 Å². The smallest absolute Gasteiger partial charge is 0.232 e.